The highest BCUT2D eigenvalue weighted by Crippen LogP contribution is 2.16. The minimum absolute atomic E-state index is 0.134. The molecule has 0 atom stereocenters. The molecule has 1 N–H and O–H groups in total. The molecule has 1 aromatic heterocycles. The van der Waals surface area contributed by atoms with Crippen LogP contribution in [-0.2, 0) is 0 Å². The van der Waals surface area contributed by atoms with Crippen LogP contribution < -0.4 is 5.32 Å². The zero-order chi connectivity index (χ0) is 15.9. The predicted molar refractivity (Wildman–Crippen MR) is 88.7 cm³/mol. The number of benzene rings is 2. The van der Waals surface area contributed by atoms with E-state index in [0.29, 0.717) is 17.8 Å². The average molecular weight is 325 g/mol. The first kappa shape index (κ1) is 15.2. The molecular weight excluding hydrogens is 310 g/mol. The van der Waals surface area contributed by atoms with Crippen LogP contribution in [0, 0.1) is 0 Å². The van der Waals surface area contributed by atoms with Crippen molar-refractivity contribution in [3.63, 3.8) is 0 Å². The van der Waals surface area contributed by atoms with Crippen LogP contribution in [0.5, 0.6) is 0 Å². The normalized spacial score (nSPS) is 10.4. The standard InChI is InChI=1S/C16H15N5OS/c22-16(17-10-11-23-13-6-2-1-3-7-13)14-8-4-5-9-15(14)21-12-18-19-20-21/h1-9,12H,10-11H2,(H,17,22). The van der Waals surface area contributed by atoms with Crippen LogP contribution in [-0.4, -0.2) is 38.4 Å². The second-order valence-corrected chi connectivity index (χ2v) is 5.86. The zero-order valence-electron chi connectivity index (χ0n) is 12.3. The van der Waals surface area contributed by atoms with Crippen LogP contribution in [0.1, 0.15) is 10.4 Å². The maximum Gasteiger partial charge on any atom is 0.253 e. The molecule has 1 amide bonds. The fourth-order valence-electron chi connectivity index (χ4n) is 2.08. The van der Waals surface area contributed by atoms with E-state index >= 15 is 0 Å². The Bertz CT molecular complexity index is 761. The summed E-state index contributed by atoms with van der Waals surface area (Å²) in [5, 5.41) is 14.0. The zero-order valence-corrected chi connectivity index (χ0v) is 13.1. The summed E-state index contributed by atoms with van der Waals surface area (Å²) in [5.74, 6) is 0.674. The Morgan fingerprint density at radius 3 is 2.65 bits per heavy atom. The van der Waals surface area contributed by atoms with Gasteiger partial charge in [-0.15, -0.1) is 16.9 Å². The summed E-state index contributed by atoms with van der Waals surface area (Å²) in [6.07, 6.45) is 1.47. The van der Waals surface area contributed by atoms with Gasteiger partial charge in [0, 0.05) is 17.2 Å². The number of nitrogens with one attached hydrogen (secondary N) is 1. The quantitative estimate of drug-likeness (QED) is 0.555. The fraction of sp³-hybridized carbons (Fsp3) is 0.125. The van der Waals surface area contributed by atoms with E-state index in [-0.39, 0.29) is 5.91 Å². The Balaban J connectivity index is 1.59. The smallest absolute Gasteiger partial charge is 0.253 e. The number of para-hydroxylation sites is 1. The Kier molecular flexibility index (Phi) is 5.00. The number of hydrogen-bond donors (Lipinski definition) is 1. The molecule has 0 aliphatic carbocycles. The molecule has 1 heterocycles. The molecule has 7 heteroatoms. The molecule has 116 valence electrons. The molecule has 0 saturated heterocycles. The van der Waals surface area contributed by atoms with Crippen molar-refractivity contribution in [2.75, 3.05) is 12.3 Å². The van der Waals surface area contributed by atoms with Gasteiger partial charge in [-0.2, -0.15) is 4.68 Å². The first-order chi connectivity index (χ1) is 11.3. The lowest BCUT2D eigenvalue weighted by atomic mass is 10.1. The number of rotatable bonds is 6. The van der Waals surface area contributed by atoms with E-state index < -0.39 is 0 Å². The lowest BCUT2D eigenvalue weighted by molar-refractivity contribution is 0.0956. The fourth-order valence-corrected chi connectivity index (χ4v) is 2.87. The number of carbonyl (C=O) groups is 1. The molecule has 0 aliphatic rings. The van der Waals surface area contributed by atoms with Gasteiger partial charge in [-0.3, -0.25) is 4.79 Å². The molecule has 0 fully saturated rings. The average Bonchev–Trinajstić information content (AvgIpc) is 3.14. The minimum atomic E-state index is -0.134. The number of aromatic nitrogens is 4. The third kappa shape index (κ3) is 3.95. The van der Waals surface area contributed by atoms with Crippen molar-refractivity contribution in [1.29, 1.82) is 0 Å². The molecule has 0 unspecified atom stereocenters. The van der Waals surface area contributed by atoms with Gasteiger partial charge < -0.3 is 5.32 Å². The minimum Gasteiger partial charge on any atom is -0.351 e. The molecule has 0 radical (unpaired) electrons. The number of carbonyl (C=O) groups excluding carboxylic acids is 1. The second kappa shape index (κ2) is 7.55. The van der Waals surface area contributed by atoms with Crippen LogP contribution >= 0.6 is 11.8 Å². The van der Waals surface area contributed by atoms with Crippen molar-refractivity contribution < 1.29 is 4.79 Å². The van der Waals surface area contributed by atoms with Crippen LogP contribution in [0.25, 0.3) is 5.69 Å². The predicted octanol–water partition coefficient (Wildman–Crippen LogP) is 2.18. The van der Waals surface area contributed by atoms with Crippen molar-refractivity contribution >= 4 is 17.7 Å². The van der Waals surface area contributed by atoms with E-state index in [9.17, 15) is 4.79 Å². The van der Waals surface area contributed by atoms with Gasteiger partial charge in [0.1, 0.15) is 6.33 Å². The third-order valence-electron chi connectivity index (χ3n) is 3.14. The van der Waals surface area contributed by atoms with Gasteiger partial charge in [-0.05, 0) is 34.7 Å². The molecule has 0 bridgehead atoms. The highest BCUT2D eigenvalue weighted by Gasteiger charge is 2.12. The van der Waals surface area contributed by atoms with E-state index in [2.05, 4.69) is 33.0 Å². The van der Waals surface area contributed by atoms with Crippen LogP contribution in [0.15, 0.2) is 65.8 Å². The molecule has 23 heavy (non-hydrogen) atoms. The second-order valence-electron chi connectivity index (χ2n) is 4.69. The Labute approximate surface area is 137 Å². The molecule has 3 aromatic rings. The van der Waals surface area contributed by atoms with Crippen LogP contribution in [0.4, 0.5) is 0 Å². The van der Waals surface area contributed by atoms with E-state index in [1.54, 1.807) is 17.8 Å². The summed E-state index contributed by atoms with van der Waals surface area (Å²) < 4.78 is 1.48. The maximum atomic E-state index is 12.4. The SMILES string of the molecule is O=C(NCCSc1ccccc1)c1ccccc1-n1cnnn1. The summed E-state index contributed by atoms with van der Waals surface area (Å²) in [5.41, 5.74) is 1.20. The Morgan fingerprint density at radius 2 is 1.87 bits per heavy atom. The lowest BCUT2D eigenvalue weighted by Crippen LogP contribution is -2.27. The van der Waals surface area contributed by atoms with Crippen molar-refractivity contribution in [3.8, 4) is 5.69 Å². The largest absolute Gasteiger partial charge is 0.351 e. The van der Waals surface area contributed by atoms with Gasteiger partial charge in [0.2, 0.25) is 0 Å². The van der Waals surface area contributed by atoms with Gasteiger partial charge in [0.25, 0.3) is 5.91 Å². The first-order valence-electron chi connectivity index (χ1n) is 7.13. The molecular formula is C16H15N5OS. The number of nitrogens with zero attached hydrogens (tertiary/aromatic N) is 4. The van der Waals surface area contributed by atoms with Gasteiger partial charge in [0.05, 0.1) is 11.3 Å². The monoisotopic (exact) mass is 325 g/mol. The van der Waals surface area contributed by atoms with E-state index in [4.69, 9.17) is 0 Å². The number of hydrogen-bond acceptors (Lipinski definition) is 5. The Hall–Kier alpha value is -2.67. The third-order valence-corrected chi connectivity index (χ3v) is 4.16. The van der Waals surface area contributed by atoms with Gasteiger partial charge in [-0.25, -0.2) is 0 Å². The molecule has 0 aliphatic heterocycles. The van der Waals surface area contributed by atoms with Crippen LogP contribution in [0.3, 0.4) is 0 Å². The highest BCUT2D eigenvalue weighted by atomic mass is 32.2. The molecule has 3 rings (SSSR count). The summed E-state index contributed by atoms with van der Waals surface area (Å²) in [7, 11) is 0. The van der Waals surface area contributed by atoms with Crippen molar-refractivity contribution in [2.24, 2.45) is 0 Å². The topological polar surface area (TPSA) is 72.7 Å². The lowest BCUT2D eigenvalue weighted by Gasteiger charge is -2.09. The molecule has 2 aromatic carbocycles. The first-order valence-corrected chi connectivity index (χ1v) is 8.11. The van der Waals surface area contributed by atoms with E-state index in [1.807, 2.05) is 36.4 Å². The van der Waals surface area contributed by atoms with E-state index in [0.717, 1.165) is 5.75 Å². The summed E-state index contributed by atoms with van der Waals surface area (Å²) >= 11 is 1.71. The molecule has 0 saturated carbocycles. The van der Waals surface area contributed by atoms with Crippen LogP contribution in [0.2, 0.25) is 0 Å². The highest BCUT2D eigenvalue weighted by molar-refractivity contribution is 7.99. The van der Waals surface area contributed by atoms with Gasteiger partial charge in [-0.1, -0.05) is 30.3 Å². The summed E-state index contributed by atoms with van der Waals surface area (Å²) in [6, 6.07) is 17.3. The number of amides is 1. The van der Waals surface area contributed by atoms with Crippen molar-refractivity contribution in [3.05, 3.63) is 66.5 Å². The maximum absolute atomic E-state index is 12.4. The van der Waals surface area contributed by atoms with Gasteiger partial charge >= 0.3 is 0 Å². The summed E-state index contributed by atoms with van der Waals surface area (Å²) in [6.45, 7) is 0.586. The summed E-state index contributed by atoms with van der Waals surface area (Å²) in [4.78, 5) is 13.6. The van der Waals surface area contributed by atoms with Gasteiger partial charge in [0.15, 0.2) is 0 Å². The van der Waals surface area contributed by atoms with Crippen molar-refractivity contribution in [1.82, 2.24) is 25.5 Å². The number of tetrazole rings is 1. The number of thioether (sulfide) groups is 1. The molecule has 6 nitrogen and oxygen atoms in total. The van der Waals surface area contributed by atoms with Crippen molar-refractivity contribution in [2.45, 2.75) is 4.90 Å². The molecule has 0 spiro atoms. The van der Waals surface area contributed by atoms with E-state index in [1.165, 1.54) is 15.9 Å². The Morgan fingerprint density at radius 1 is 1.09 bits per heavy atom.